The molecule has 0 saturated carbocycles. The molecule has 0 radical (unpaired) electrons. The Labute approximate surface area is 205 Å². The summed E-state index contributed by atoms with van der Waals surface area (Å²) in [5.41, 5.74) is 6.30. The minimum absolute atomic E-state index is 0.0199. The Bertz CT molecular complexity index is 1440. The largest absolute Gasteiger partial charge is 0.437 e. The maximum atomic E-state index is 13.4. The smallest absolute Gasteiger partial charge is 0.261 e. The lowest BCUT2D eigenvalue weighted by molar-refractivity contribution is 0.102. The number of nitrogen functional groups attached to an aromatic ring is 1. The van der Waals surface area contributed by atoms with Crippen LogP contribution in [0.3, 0.4) is 0 Å². The van der Waals surface area contributed by atoms with E-state index in [2.05, 4.69) is 15.3 Å². The van der Waals surface area contributed by atoms with Crippen molar-refractivity contribution in [3.05, 3.63) is 93.9 Å². The highest BCUT2D eigenvalue weighted by Gasteiger charge is 2.18. The van der Waals surface area contributed by atoms with Crippen LogP contribution in [0.1, 0.15) is 30.2 Å². The van der Waals surface area contributed by atoms with Gasteiger partial charge in [-0.1, -0.05) is 23.7 Å². The van der Waals surface area contributed by atoms with Gasteiger partial charge in [-0.25, -0.2) is 14.4 Å². The highest BCUT2D eigenvalue weighted by molar-refractivity contribution is 6.34. The van der Waals surface area contributed by atoms with Crippen molar-refractivity contribution >= 4 is 29.0 Å². The van der Waals surface area contributed by atoms with Crippen LogP contribution in [0.15, 0.2) is 72.0 Å². The minimum Gasteiger partial charge on any atom is -0.437 e. The molecule has 0 saturated heterocycles. The van der Waals surface area contributed by atoms with Crippen molar-refractivity contribution in [3.63, 3.8) is 0 Å². The molecule has 35 heavy (non-hydrogen) atoms. The molecule has 1 amide bonds. The SMILES string of the molecule is CC(C)n1cc(C(=O)Nc2ccc(Oc3ccnc(N)c3Cl)nc2)c(=O)c(-c2ccc(F)cc2)c1. The predicted octanol–water partition coefficient (Wildman–Crippen LogP) is 5.31. The molecule has 0 aliphatic rings. The zero-order valence-corrected chi connectivity index (χ0v) is 19.6. The summed E-state index contributed by atoms with van der Waals surface area (Å²) in [6.45, 7) is 3.85. The van der Waals surface area contributed by atoms with Gasteiger partial charge in [-0.2, -0.15) is 0 Å². The number of nitrogens with one attached hydrogen (secondary N) is 1. The van der Waals surface area contributed by atoms with Crippen molar-refractivity contribution in [2.45, 2.75) is 19.9 Å². The van der Waals surface area contributed by atoms with Gasteiger partial charge in [-0.05, 0) is 37.6 Å². The molecule has 8 nitrogen and oxygen atoms in total. The first kappa shape index (κ1) is 23.9. The van der Waals surface area contributed by atoms with E-state index in [0.29, 0.717) is 16.8 Å². The van der Waals surface area contributed by atoms with Gasteiger partial charge in [0.15, 0.2) is 5.75 Å². The number of carbonyl (C=O) groups excluding carboxylic acids is 1. The third-order valence-corrected chi connectivity index (χ3v) is 5.51. The number of nitrogens with two attached hydrogens (primary N) is 1. The first-order chi connectivity index (χ1) is 16.7. The van der Waals surface area contributed by atoms with E-state index in [1.807, 2.05) is 13.8 Å². The van der Waals surface area contributed by atoms with Crippen LogP contribution in [-0.4, -0.2) is 20.4 Å². The minimum atomic E-state index is -0.603. The van der Waals surface area contributed by atoms with Crippen molar-refractivity contribution < 1.29 is 13.9 Å². The van der Waals surface area contributed by atoms with Gasteiger partial charge in [0.25, 0.3) is 5.91 Å². The molecule has 178 valence electrons. The van der Waals surface area contributed by atoms with Gasteiger partial charge < -0.3 is 20.4 Å². The monoisotopic (exact) mass is 493 g/mol. The maximum Gasteiger partial charge on any atom is 0.261 e. The van der Waals surface area contributed by atoms with Gasteiger partial charge in [0.2, 0.25) is 11.3 Å². The third kappa shape index (κ3) is 5.30. The van der Waals surface area contributed by atoms with E-state index in [-0.39, 0.29) is 34.1 Å². The Morgan fingerprint density at radius 3 is 2.51 bits per heavy atom. The number of nitrogens with zero attached hydrogens (tertiary/aromatic N) is 3. The Hall–Kier alpha value is -4.24. The first-order valence-corrected chi connectivity index (χ1v) is 11.0. The fourth-order valence-corrected chi connectivity index (χ4v) is 3.39. The summed E-state index contributed by atoms with van der Waals surface area (Å²) < 4.78 is 20.7. The predicted molar refractivity (Wildman–Crippen MR) is 132 cm³/mol. The van der Waals surface area contributed by atoms with Crippen molar-refractivity contribution in [2.75, 3.05) is 11.1 Å². The molecule has 0 aliphatic heterocycles. The molecule has 4 rings (SSSR count). The van der Waals surface area contributed by atoms with Gasteiger partial charge in [0, 0.05) is 42.3 Å². The van der Waals surface area contributed by atoms with Crippen LogP contribution in [0.2, 0.25) is 5.02 Å². The van der Waals surface area contributed by atoms with Crippen LogP contribution in [0.4, 0.5) is 15.9 Å². The number of anilines is 2. The van der Waals surface area contributed by atoms with Crippen molar-refractivity contribution in [3.8, 4) is 22.8 Å². The molecular weight excluding hydrogens is 473 g/mol. The van der Waals surface area contributed by atoms with Crippen LogP contribution in [0, 0.1) is 5.82 Å². The molecule has 10 heteroatoms. The fraction of sp³-hybridized carbons (Fsp3) is 0.120. The van der Waals surface area contributed by atoms with E-state index in [9.17, 15) is 14.0 Å². The van der Waals surface area contributed by atoms with Crippen LogP contribution in [0.5, 0.6) is 11.6 Å². The number of pyridine rings is 3. The van der Waals surface area contributed by atoms with E-state index in [0.717, 1.165) is 0 Å². The second kappa shape index (κ2) is 9.94. The Kier molecular flexibility index (Phi) is 6.79. The summed E-state index contributed by atoms with van der Waals surface area (Å²) >= 11 is 6.08. The molecule has 3 aromatic heterocycles. The number of amides is 1. The lowest BCUT2D eigenvalue weighted by Crippen LogP contribution is -2.25. The summed E-state index contributed by atoms with van der Waals surface area (Å²) in [5.74, 6) is -0.385. The number of rotatable bonds is 6. The Balaban J connectivity index is 1.59. The molecule has 0 atom stereocenters. The average molecular weight is 494 g/mol. The number of hydrogen-bond donors (Lipinski definition) is 2. The fourth-order valence-electron chi connectivity index (χ4n) is 3.24. The van der Waals surface area contributed by atoms with Crippen molar-refractivity contribution in [1.29, 1.82) is 0 Å². The maximum absolute atomic E-state index is 13.4. The van der Waals surface area contributed by atoms with Crippen LogP contribution in [-0.2, 0) is 0 Å². The summed E-state index contributed by atoms with van der Waals surface area (Å²) in [7, 11) is 0. The second-order valence-electron chi connectivity index (χ2n) is 7.91. The Morgan fingerprint density at radius 2 is 1.86 bits per heavy atom. The number of benzene rings is 1. The van der Waals surface area contributed by atoms with E-state index in [1.165, 1.54) is 48.9 Å². The van der Waals surface area contributed by atoms with Crippen molar-refractivity contribution in [1.82, 2.24) is 14.5 Å². The molecule has 0 bridgehead atoms. The van der Waals surface area contributed by atoms with Crippen LogP contribution in [0.25, 0.3) is 11.1 Å². The molecule has 0 fully saturated rings. The molecular formula is C25H21ClFN5O3. The molecule has 0 spiro atoms. The lowest BCUT2D eigenvalue weighted by Gasteiger charge is -2.15. The van der Waals surface area contributed by atoms with Crippen LogP contribution >= 0.6 is 11.6 Å². The average Bonchev–Trinajstić information content (AvgIpc) is 2.84. The quantitative estimate of drug-likeness (QED) is 0.376. The molecule has 4 aromatic rings. The van der Waals surface area contributed by atoms with E-state index >= 15 is 0 Å². The lowest BCUT2D eigenvalue weighted by atomic mass is 10.0. The van der Waals surface area contributed by atoms with E-state index in [4.69, 9.17) is 22.1 Å². The van der Waals surface area contributed by atoms with Gasteiger partial charge in [0.05, 0.1) is 11.9 Å². The number of ether oxygens (including phenoxy) is 1. The van der Waals surface area contributed by atoms with E-state index in [1.54, 1.807) is 22.9 Å². The Morgan fingerprint density at radius 1 is 1.11 bits per heavy atom. The third-order valence-electron chi connectivity index (χ3n) is 5.13. The topological polar surface area (TPSA) is 112 Å². The number of aromatic nitrogens is 3. The number of carbonyl (C=O) groups is 1. The van der Waals surface area contributed by atoms with Gasteiger partial charge in [-0.3, -0.25) is 9.59 Å². The van der Waals surface area contributed by atoms with Crippen LogP contribution < -0.4 is 21.2 Å². The molecule has 1 aromatic carbocycles. The normalized spacial score (nSPS) is 10.9. The number of halogens is 2. The standard InChI is InChI=1S/C25H21ClFN5O3/c1-14(2)32-12-18(15-3-5-16(27)6-4-15)23(33)19(13-32)25(34)31-17-7-8-21(30-11-17)35-20-9-10-29-24(28)22(20)26/h3-14H,1-2H3,(H2,28,29)(H,31,34). The van der Waals surface area contributed by atoms with Gasteiger partial charge in [-0.15, -0.1) is 0 Å². The molecule has 0 unspecified atom stereocenters. The summed E-state index contributed by atoms with van der Waals surface area (Å²) in [6, 6.07) is 10.2. The van der Waals surface area contributed by atoms with Gasteiger partial charge in [0.1, 0.15) is 22.2 Å². The molecule has 3 heterocycles. The van der Waals surface area contributed by atoms with Crippen molar-refractivity contribution in [2.24, 2.45) is 0 Å². The zero-order valence-electron chi connectivity index (χ0n) is 18.8. The summed E-state index contributed by atoms with van der Waals surface area (Å²) in [5, 5.41) is 2.84. The summed E-state index contributed by atoms with van der Waals surface area (Å²) in [4.78, 5) is 34.2. The zero-order chi connectivity index (χ0) is 25.1. The highest BCUT2D eigenvalue weighted by Crippen LogP contribution is 2.31. The number of hydrogen-bond acceptors (Lipinski definition) is 6. The first-order valence-electron chi connectivity index (χ1n) is 10.6. The summed E-state index contributed by atoms with van der Waals surface area (Å²) in [6.07, 6.45) is 5.99. The highest BCUT2D eigenvalue weighted by atomic mass is 35.5. The van der Waals surface area contributed by atoms with Gasteiger partial charge >= 0.3 is 0 Å². The second-order valence-corrected chi connectivity index (χ2v) is 8.29. The molecule has 3 N–H and O–H groups in total. The molecule has 0 aliphatic carbocycles. The van der Waals surface area contributed by atoms with E-state index < -0.39 is 17.2 Å².